The van der Waals surface area contributed by atoms with Gasteiger partial charge in [-0.25, -0.2) is 0 Å². The molecular weight excluding hydrogens is 388 g/mol. The summed E-state index contributed by atoms with van der Waals surface area (Å²) in [7, 11) is 0. The summed E-state index contributed by atoms with van der Waals surface area (Å²) in [6.07, 6.45) is 15.0. The Morgan fingerprint density at radius 1 is 1.00 bits per heavy atom. The minimum Gasteiger partial charge on any atom is -0.872 e. The predicted octanol–water partition coefficient (Wildman–Crippen LogP) is 5.89. The smallest absolute Gasteiger partial charge is 0.270 e. The van der Waals surface area contributed by atoms with Gasteiger partial charge in [-0.3, -0.25) is 15.1 Å². The number of nitro groups is 1. The first-order valence-corrected chi connectivity index (χ1v) is 12.3. The summed E-state index contributed by atoms with van der Waals surface area (Å²) in [5.41, 5.74) is 1.03. The molecule has 0 aromatic heterocycles. The van der Waals surface area contributed by atoms with E-state index in [0.717, 1.165) is 30.1 Å². The summed E-state index contributed by atoms with van der Waals surface area (Å²) in [4.78, 5) is 15.5. The van der Waals surface area contributed by atoms with Gasteiger partial charge in [-0.15, -0.1) is 0 Å². The van der Waals surface area contributed by atoms with Gasteiger partial charge in [-0.05, 0) is 91.4 Å². The van der Waals surface area contributed by atoms with Crippen molar-refractivity contribution in [3.8, 4) is 5.75 Å². The van der Waals surface area contributed by atoms with E-state index >= 15 is 0 Å². The van der Waals surface area contributed by atoms with Crippen LogP contribution in [-0.4, -0.2) is 17.2 Å². The van der Waals surface area contributed by atoms with Crippen LogP contribution in [0.3, 0.4) is 0 Å². The van der Waals surface area contributed by atoms with Crippen molar-refractivity contribution in [2.45, 2.75) is 84.1 Å². The quantitative estimate of drug-likeness (QED) is 0.345. The maximum atomic E-state index is 12.2. The second-order valence-electron chi connectivity index (χ2n) is 11.3. The zero-order chi connectivity index (χ0) is 21.8. The van der Waals surface area contributed by atoms with E-state index in [9.17, 15) is 15.2 Å². The summed E-state index contributed by atoms with van der Waals surface area (Å²) < 4.78 is 0. The highest BCUT2D eigenvalue weighted by atomic mass is 16.6. The Morgan fingerprint density at radius 3 is 2.61 bits per heavy atom. The summed E-state index contributed by atoms with van der Waals surface area (Å²) in [5.74, 6) is 3.17. The molecule has 0 aliphatic heterocycles. The standard InChI is InChI=1S/C26H36N2O3/c1-25-13-4-3-5-18(25)6-8-20-21-9-11-24(26(21,2)14-12-22(20)25)27-16-17-15-19(28(30)31)7-10-23(17)29/h7,10,15-16,18,20-22,24,29H,3-6,8-9,11-14H2,1-2H3/p-1/t18-,20-,21-,22-,24+,25-,26-/m0/s1. The first kappa shape index (κ1) is 21.0. The van der Waals surface area contributed by atoms with Crippen LogP contribution in [0.5, 0.6) is 5.75 Å². The van der Waals surface area contributed by atoms with Crippen LogP contribution in [0, 0.1) is 44.6 Å². The van der Waals surface area contributed by atoms with Gasteiger partial charge >= 0.3 is 0 Å². The van der Waals surface area contributed by atoms with Gasteiger partial charge in [0, 0.05) is 18.3 Å². The Bertz CT molecular complexity index is 899. The molecule has 168 valence electrons. The maximum absolute atomic E-state index is 12.2. The van der Waals surface area contributed by atoms with Gasteiger partial charge in [0.15, 0.2) is 0 Å². The van der Waals surface area contributed by atoms with Crippen molar-refractivity contribution >= 4 is 11.9 Å². The average molecular weight is 424 g/mol. The van der Waals surface area contributed by atoms with Gasteiger partial charge in [0.2, 0.25) is 0 Å². The highest BCUT2D eigenvalue weighted by Crippen LogP contribution is 2.66. The van der Waals surface area contributed by atoms with Crippen molar-refractivity contribution in [1.82, 2.24) is 0 Å². The third-order valence-corrected chi connectivity index (χ3v) is 10.1. The molecule has 4 saturated carbocycles. The minimum absolute atomic E-state index is 0.0467. The van der Waals surface area contributed by atoms with Crippen LogP contribution in [-0.2, 0) is 0 Å². The maximum Gasteiger partial charge on any atom is 0.270 e. The van der Waals surface area contributed by atoms with Gasteiger partial charge in [0.1, 0.15) is 0 Å². The van der Waals surface area contributed by atoms with Crippen LogP contribution in [0.1, 0.15) is 83.6 Å². The van der Waals surface area contributed by atoms with E-state index < -0.39 is 4.92 Å². The average Bonchev–Trinajstić information content (AvgIpc) is 3.09. The van der Waals surface area contributed by atoms with E-state index in [1.165, 1.54) is 76.0 Å². The van der Waals surface area contributed by atoms with Crippen LogP contribution in [0.15, 0.2) is 23.2 Å². The number of nitrogens with zero attached hydrogens (tertiary/aromatic N) is 2. The van der Waals surface area contributed by atoms with Gasteiger partial charge in [-0.2, -0.15) is 0 Å². The number of hydrogen-bond acceptors (Lipinski definition) is 4. The number of hydrogen-bond donors (Lipinski definition) is 0. The van der Waals surface area contributed by atoms with Crippen LogP contribution < -0.4 is 5.11 Å². The highest BCUT2D eigenvalue weighted by molar-refractivity contribution is 5.84. The second-order valence-corrected chi connectivity index (χ2v) is 11.3. The molecule has 0 bridgehead atoms. The fraction of sp³-hybridized carbons (Fsp3) is 0.731. The van der Waals surface area contributed by atoms with E-state index in [0.29, 0.717) is 11.0 Å². The number of non-ortho nitro benzene ring substituents is 1. The number of benzene rings is 1. The van der Waals surface area contributed by atoms with Crippen LogP contribution in [0.4, 0.5) is 5.69 Å². The molecule has 0 heterocycles. The predicted molar refractivity (Wildman–Crippen MR) is 120 cm³/mol. The normalized spacial score (nSPS) is 42.1. The molecule has 0 unspecified atom stereocenters. The molecule has 4 aliphatic rings. The topological polar surface area (TPSA) is 78.6 Å². The Hall–Kier alpha value is -1.91. The molecule has 4 fully saturated rings. The second kappa shape index (κ2) is 7.60. The third-order valence-electron chi connectivity index (χ3n) is 10.1. The van der Waals surface area contributed by atoms with Crippen molar-refractivity contribution in [3.63, 3.8) is 0 Å². The summed E-state index contributed by atoms with van der Waals surface area (Å²) in [6, 6.07) is 4.14. The molecule has 5 heteroatoms. The first-order chi connectivity index (χ1) is 14.8. The van der Waals surface area contributed by atoms with Crippen molar-refractivity contribution in [3.05, 3.63) is 33.9 Å². The van der Waals surface area contributed by atoms with Crippen LogP contribution in [0.2, 0.25) is 0 Å². The molecule has 0 N–H and O–H groups in total. The minimum atomic E-state index is -0.451. The summed E-state index contributed by atoms with van der Waals surface area (Å²) >= 11 is 0. The van der Waals surface area contributed by atoms with Gasteiger partial charge in [-0.1, -0.05) is 38.5 Å². The van der Waals surface area contributed by atoms with E-state index in [2.05, 4.69) is 13.8 Å². The van der Waals surface area contributed by atoms with E-state index in [-0.39, 0.29) is 22.9 Å². The summed E-state index contributed by atoms with van der Waals surface area (Å²) in [6.45, 7) is 5.04. The molecule has 31 heavy (non-hydrogen) atoms. The largest absolute Gasteiger partial charge is 0.872 e. The van der Waals surface area contributed by atoms with Crippen molar-refractivity contribution in [2.75, 3.05) is 0 Å². The number of fused-ring (bicyclic) bond motifs is 5. The third kappa shape index (κ3) is 3.30. The molecule has 0 spiro atoms. The zero-order valence-electron chi connectivity index (χ0n) is 18.9. The van der Waals surface area contributed by atoms with Gasteiger partial charge in [0.05, 0.1) is 11.0 Å². The molecule has 0 radical (unpaired) electrons. The highest BCUT2D eigenvalue weighted by Gasteiger charge is 2.59. The molecule has 1 aromatic rings. The lowest BCUT2D eigenvalue weighted by Crippen LogP contribution is -2.53. The lowest BCUT2D eigenvalue weighted by Gasteiger charge is -2.60. The first-order valence-electron chi connectivity index (χ1n) is 12.3. The molecular formula is C26H35N2O3-. The Balaban J connectivity index is 1.37. The Morgan fingerprint density at radius 2 is 1.81 bits per heavy atom. The SMILES string of the molecule is C[C@]12CCCC[C@H]1CC[C@@H]1[C@@H]2CC[C@]2(C)[C@H](N=Cc3cc([N+](=O)[O-])ccc3[O-])CC[C@@H]12. The number of aliphatic imine (C=N–C) groups is 1. The Labute approximate surface area is 185 Å². The Kier molecular flexibility index (Phi) is 5.14. The van der Waals surface area contributed by atoms with Crippen LogP contribution in [0.25, 0.3) is 0 Å². The fourth-order valence-electron chi connectivity index (χ4n) is 8.43. The molecule has 7 atom stereocenters. The number of nitro benzene ring substituents is 1. The van der Waals surface area contributed by atoms with Crippen molar-refractivity contribution in [2.24, 2.45) is 39.5 Å². The summed E-state index contributed by atoms with van der Waals surface area (Å²) in [5, 5.41) is 23.3. The van der Waals surface area contributed by atoms with Gasteiger partial charge < -0.3 is 5.11 Å². The molecule has 1 aromatic carbocycles. The van der Waals surface area contributed by atoms with E-state index in [4.69, 9.17) is 4.99 Å². The molecule has 0 saturated heterocycles. The number of rotatable bonds is 3. The fourth-order valence-corrected chi connectivity index (χ4v) is 8.43. The van der Waals surface area contributed by atoms with E-state index in [1.807, 2.05) is 0 Å². The van der Waals surface area contributed by atoms with Crippen molar-refractivity contribution in [1.29, 1.82) is 0 Å². The molecule has 5 nitrogen and oxygen atoms in total. The lowest BCUT2D eigenvalue weighted by atomic mass is 9.45. The lowest BCUT2D eigenvalue weighted by molar-refractivity contribution is -0.385. The van der Waals surface area contributed by atoms with Crippen molar-refractivity contribution < 1.29 is 10.0 Å². The molecule has 0 amide bonds. The molecule has 4 aliphatic carbocycles. The van der Waals surface area contributed by atoms with Crippen LogP contribution >= 0.6 is 0 Å². The zero-order valence-corrected chi connectivity index (χ0v) is 18.9. The molecule has 5 rings (SSSR count). The van der Waals surface area contributed by atoms with E-state index in [1.54, 1.807) is 6.21 Å². The monoisotopic (exact) mass is 423 g/mol. The van der Waals surface area contributed by atoms with Gasteiger partial charge in [0.25, 0.3) is 5.69 Å².